The largest absolute Gasteiger partial charge is 0.375 e. The predicted molar refractivity (Wildman–Crippen MR) is 49.3 cm³/mol. The maximum atomic E-state index is 9.30. The topological polar surface area (TPSA) is 43.7 Å². The van der Waals surface area contributed by atoms with E-state index in [4.69, 9.17) is 0 Å². The molecule has 0 saturated heterocycles. The lowest BCUT2D eigenvalue weighted by atomic mass is 10.3. The van der Waals surface area contributed by atoms with Crippen LogP contribution in [0.1, 0.15) is 0 Å². The van der Waals surface area contributed by atoms with Crippen LogP contribution >= 0.6 is 0 Å². The van der Waals surface area contributed by atoms with Gasteiger partial charge in [0.05, 0.1) is 0 Å². The fourth-order valence-corrected chi connectivity index (χ4v) is 0.792. The van der Waals surface area contributed by atoms with Crippen molar-refractivity contribution in [3.05, 3.63) is 38.0 Å². The molecule has 0 saturated carbocycles. The van der Waals surface area contributed by atoms with Crippen LogP contribution < -0.4 is 0 Å². The number of nitrogens with zero attached hydrogens (tertiary/aromatic N) is 1. The first kappa shape index (κ1) is 11.1. The molecule has 0 spiro atoms. The molecule has 3 heteroatoms. The number of hydrogen-bond acceptors (Lipinski definition) is 3. The zero-order valence-electron chi connectivity index (χ0n) is 7.06. The predicted octanol–water partition coefficient (Wildman–Crippen LogP) is 0.483. The summed E-state index contributed by atoms with van der Waals surface area (Å²) in [7, 11) is 0. The van der Waals surface area contributed by atoms with Gasteiger partial charge in [0.1, 0.15) is 12.5 Å². The van der Waals surface area contributed by atoms with E-state index in [1.807, 2.05) is 0 Å². The van der Waals surface area contributed by atoms with Crippen LogP contribution in [-0.2, 0) is 0 Å². The Morgan fingerprint density at radius 2 is 1.50 bits per heavy atom. The standard InChI is InChI=1S/C9H15NO2/c1-4-7-10(8(11)5-2)9(12)6-3/h4-6,8-9,11-12H,1-3,7H2. The summed E-state index contributed by atoms with van der Waals surface area (Å²) in [6, 6.07) is 0. The van der Waals surface area contributed by atoms with Gasteiger partial charge in [-0.25, -0.2) is 4.90 Å². The lowest BCUT2D eigenvalue weighted by Gasteiger charge is -2.27. The van der Waals surface area contributed by atoms with Crippen LogP contribution in [0.5, 0.6) is 0 Å². The molecule has 2 N–H and O–H groups in total. The molecule has 12 heavy (non-hydrogen) atoms. The highest BCUT2D eigenvalue weighted by Crippen LogP contribution is 2.03. The summed E-state index contributed by atoms with van der Waals surface area (Å²) in [5.41, 5.74) is 0. The van der Waals surface area contributed by atoms with E-state index in [9.17, 15) is 10.2 Å². The maximum absolute atomic E-state index is 9.30. The van der Waals surface area contributed by atoms with E-state index in [1.165, 1.54) is 17.1 Å². The van der Waals surface area contributed by atoms with Crippen molar-refractivity contribution in [1.82, 2.24) is 4.90 Å². The van der Waals surface area contributed by atoms with Gasteiger partial charge in [-0.2, -0.15) is 0 Å². The van der Waals surface area contributed by atoms with Gasteiger partial charge < -0.3 is 10.2 Å². The van der Waals surface area contributed by atoms with E-state index in [-0.39, 0.29) is 0 Å². The van der Waals surface area contributed by atoms with E-state index in [0.29, 0.717) is 6.54 Å². The third kappa shape index (κ3) is 3.00. The molecule has 0 amide bonds. The molecule has 68 valence electrons. The lowest BCUT2D eigenvalue weighted by Crippen LogP contribution is -2.41. The molecular weight excluding hydrogens is 154 g/mol. The molecule has 0 fully saturated rings. The van der Waals surface area contributed by atoms with Gasteiger partial charge in [0.15, 0.2) is 0 Å². The zero-order chi connectivity index (χ0) is 9.56. The molecular formula is C9H15NO2. The van der Waals surface area contributed by atoms with E-state index in [0.717, 1.165) is 0 Å². The molecule has 0 aromatic carbocycles. The highest BCUT2D eigenvalue weighted by atomic mass is 16.3. The molecule has 0 rings (SSSR count). The quantitative estimate of drug-likeness (QED) is 0.449. The summed E-state index contributed by atoms with van der Waals surface area (Å²) in [6.45, 7) is 10.7. The van der Waals surface area contributed by atoms with Crippen molar-refractivity contribution in [1.29, 1.82) is 0 Å². The van der Waals surface area contributed by atoms with Gasteiger partial charge in [-0.15, -0.1) is 6.58 Å². The molecule has 0 heterocycles. The molecule has 0 radical (unpaired) electrons. The summed E-state index contributed by atoms with van der Waals surface area (Å²) in [5, 5.41) is 18.6. The summed E-state index contributed by atoms with van der Waals surface area (Å²) in [6.07, 6.45) is 2.48. The first-order valence-electron chi connectivity index (χ1n) is 3.65. The second-order valence-electron chi connectivity index (χ2n) is 2.28. The van der Waals surface area contributed by atoms with Gasteiger partial charge in [-0.3, -0.25) is 0 Å². The van der Waals surface area contributed by atoms with Crippen LogP contribution in [0.3, 0.4) is 0 Å². The second kappa shape index (κ2) is 5.71. The van der Waals surface area contributed by atoms with Gasteiger partial charge >= 0.3 is 0 Å². The smallest absolute Gasteiger partial charge is 0.128 e. The van der Waals surface area contributed by atoms with Crippen LogP contribution in [0, 0.1) is 0 Å². The number of hydrogen-bond donors (Lipinski definition) is 2. The van der Waals surface area contributed by atoms with Crippen molar-refractivity contribution >= 4 is 0 Å². The van der Waals surface area contributed by atoms with E-state index in [1.54, 1.807) is 6.08 Å². The fraction of sp³-hybridized carbons (Fsp3) is 0.333. The van der Waals surface area contributed by atoms with E-state index in [2.05, 4.69) is 19.7 Å². The average molecular weight is 169 g/mol. The van der Waals surface area contributed by atoms with Gasteiger partial charge in [0.25, 0.3) is 0 Å². The molecule has 3 nitrogen and oxygen atoms in total. The third-order valence-electron chi connectivity index (χ3n) is 1.44. The molecule has 0 aromatic rings. The summed E-state index contributed by atoms with van der Waals surface area (Å²) >= 11 is 0. The van der Waals surface area contributed by atoms with Gasteiger partial charge in [-0.05, 0) is 12.2 Å². The zero-order valence-corrected chi connectivity index (χ0v) is 7.06. The normalized spacial score (nSPS) is 15.2. The van der Waals surface area contributed by atoms with Crippen LogP contribution in [-0.4, -0.2) is 34.1 Å². The van der Waals surface area contributed by atoms with Crippen LogP contribution in [0.15, 0.2) is 38.0 Å². The van der Waals surface area contributed by atoms with Crippen molar-refractivity contribution in [2.24, 2.45) is 0 Å². The van der Waals surface area contributed by atoms with Crippen molar-refractivity contribution in [2.45, 2.75) is 12.5 Å². The van der Waals surface area contributed by atoms with Gasteiger partial charge in [0.2, 0.25) is 0 Å². The molecule has 2 atom stereocenters. The minimum atomic E-state index is -0.879. The van der Waals surface area contributed by atoms with Crippen molar-refractivity contribution in [2.75, 3.05) is 6.54 Å². The Bertz CT molecular complexity index is 154. The molecule has 0 aliphatic carbocycles. The Morgan fingerprint density at radius 1 is 1.08 bits per heavy atom. The average Bonchev–Trinajstić information content (AvgIpc) is 2.11. The highest BCUT2D eigenvalue weighted by Gasteiger charge is 2.16. The first-order chi connectivity index (χ1) is 5.67. The third-order valence-corrected chi connectivity index (χ3v) is 1.44. The van der Waals surface area contributed by atoms with Crippen molar-refractivity contribution in [3.63, 3.8) is 0 Å². The fourth-order valence-electron chi connectivity index (χ4n) is 0.792. The summed E-state index contributed by atoms with van der Waals surface area (Å²) in [5.74, 6) is 0. The summed E-state index contributed by atoms with van der Waals surface area (Å²) < 4.78 is 0. The second-order valence-corrected chi connectivity index (χ2v) is 2.28. The van der Waals surface area contributed by atoms with Crippen molar-refractivity contribution < 1.29 is 10.2 Å². The molecule has 0 aromatic heterocycles. The Kier molecular flexibility index (Phi) is 5.28. The van der Waals surface area contributed by atoms with Crippen LogP contribution in [0.2, 0.25) is 0 Å². The monoisotopic (exact) mass is 169 g/mol. The molecule has 2 unspecified atom stereocenters. The molecule has 0 aliphatic heterocycles. The van der Waals surface area contributed by atoms with Gasteiger partial charge in [0, 0.05) is 6.54 Å². The number of aliphatic hydroxyl groups is 2. The van der Waals surface area contributed by atoms with Crippen LogP contribution in [0.25, 0.3) is 0 Å². The minimum Gasteiger partial charge on any atom is -0.375 e. The lowest BCUT2D eigenvalue weighted by molar-refractivity contribution is -0.0479. The van der Waals surface area contributed by atoms with Gasteiger partial charge in [-0.1, -0.05) is 19.2 Å². The molecule has 0 bridgehead atoms. The van der Waals surface area contributed by atoms with Crippen LogP contribution in [0.4, 0.5) is 0 Å². The highest BCUT2D eigenvalue weighted by molar-refractivity contribution is 4.89. The first-order valence-corrected chi connectivity index (χ1v) is 3.65. The summed E-state index contributed by atoms with van der Waals surface area (Å²) in [4.78, 5) is 1.38. The molecule has 0 aliphatic rings. The SMILES string of the molecule is C=CCN(C(O)C=C)C(O)C=C. The minimum absolute atomic E-state index is 0.375. The maximum Gasteiger partial charge on any atom is 0.128 e. The Morgan fingerprint density at radius 3 is 1.75 bits per heavy atom. The Balaban J connectivity index is 4.28. The van der Waals surface area contributed by atoms with E-state index < -0.39 is 12.5 Å². The number of rotatable bonds is 6. The van der Waals surface area contributed by atoms with E-state index >= 15 is 0 Å². The Hall–Kier alpha value is -0.900. The number of aliphatic hydroxyl groups excluding tert-OH is 2. The Labute approximate surface area is 72.9 Å². The van der Waals surface area contributed by atoms with Crippen molar-refractivity contribution in [3.8, 4) is 0 Å².